The Hall–Kier alpha value is -3.50. The fraction of sp³-hybridized carbons (Fsp3) is 0.333. The third kappa shape index (κ3) is 5.60. The Morgan fingerprint density at radius 1 is 1.03 bits per heavy atom. The summed E-state index contributed by atoms with van der Waals surface area (Å²) >= 11 is 0. The molecule has 35 heavy (non-hydrogen) atoms. The predicted molar refractivity (Wildman–Crippen MR) is 117 cm³/mol. The summed E-state index contributed by atoms with van der Waals surface area (Å²) in [5, 5.41) is 3.01. The molecule has 1 aliphatic heterocycles. The molecule has 11 heteroatoms. The lowest BCUT2D eigenvalue weighted by Gasteiger charge is -2.38. The molecule has 1 aliphatic rings. The van der Waals surface area contributed by atoms with Gasteiger partial charge >= 0.3 is 18.3 Å². The molecule has 3 rings (SSSR count). The topological polar surface area (TPSA) is 53.9 Å². The average Bonchev–Trinajstić information content (AvgIpc) is 2.80. The number of ether oxygens (including phenoxy) is 1. The Labute approximate surface area is 198 Å². The number of methoxy groups -OCH3 is 1. The van der Waals surface area contributed by atoms with Gasteiger partial charge in [0.1, 0.15) is 0 Å². The number of allylic oxidation sites excluding steroid dienone is 1. The normalized spacial score (nSPS) is 18.0. The van der Waals surface area contributed by atoms with Crippen LogP contribution in [0.4, 0.5) is 26.3 Å². The van der Waals surface area contributed by atoms with Crippen LogP contribution in [0.15, 0.2) is 64.8 Å². The van der Waals surface area contributed by atoms with E-state index < -0.39 is 35.5 Å². The van der Waals surface area contributed by atoms with Crippen LogP contribution in [0.3, 0.4) is 0 Å². The van der Waals surface area contributed by atoms with Gasteiger partial charge in [-0.05, 0) is 43.2 Å². The largest absolute Gasteiger partial charge is 0.466 e. The molecule has 0 amide bonds. The highest BCUT2D eigenvalue weighted by Crippen LogP contribution is 2.37. The number of rotatable bonds is 5. The van der Waals surface area contributed by atoms with E-state index in [1.807, 2.05) is 0 Å². The minimum atomic E-state index is -4.59. The summed E-state index contributed by atoms with van der Waals surface area (Å²) in [6, 6.07) is 8.38. The molecule has 0 aromatic heterocycles. The van der Waals surface area contributed by atoms with Gasteiger partial charge in [0.15, 0.2) is 5.96 Å². The third-order valence-corrected chi connectivity index (χ3v) is 5.55. The number of nitrogens with one attached hydrogen (secondary N) is 1. The Kier molecular flexibility index (Phi) is 7.47. The van der Waals surface area contributed by atoms with Gasteiger partial charge in [-0.1, -0.05) is 30.3 Å². The zero-order chi connectivity index (χ0) is 26.0. The first-order valence-corrected chi connectivity index (χ1v) is 10.6. The van der Waals surface area contributed by atoms with Crippen molar-refractivity contribution in [1.82, 2.24) is 10.2 Å². The minimum Gasteiger partial charge on any atom is -0.466 e. The number of alkyl halides is 6. The standard InChI is InChI=1S/C24H23F6N3O2/c1-4-31-22-32-20(15-9-11-17(12-10-15)23(25,26)27)19(21(34)35-3)14(2)33(22)13-16-7-5-6-8-18(16)24(28,29)30/h5-12,20H,4,13H2,1-3H3,(H,31,32). The van der Waals surface area contributed by atoms with Crippen LogP contribution in [0.2, 0.25) is 0 Å². The molecule has 1 atom stereocenters. The molecule has 188 valence electrons. The first kappa shape index (κ1) is 26.1. The first-order chi connectivity index (χ1) is 16.4. The van der Waals surface area contributed by atoms with Crippen molar-refractivity contribution in [1.29, 1.82) is 0 Å². The highest BCUT2D eigenvalue weighted by molar-refractivity contribution is 5.96. The van der Waals surface area contributed by atoms with E-state index in [4.69, 9.17) is 4.74 Å². The fourth-order valence-electron chi connectivity index (χ4n) is 3.86. The van der Waals surface area contributed by atoms with E-state index >= 15 is 0 Å². The molecule has 0 aliphatic carbocycles. The maximum atomic E-state index is 13.6. The van der Waals surface area contributed by atoms with E-state index in [0.29, 0.717) is 5.56 Å². The Bertz CT molecular complexity index is 1140. The van der Waals surface area contributed by atoms with E-state index in [2.05, 4.69) is 10.3 Å². The summed E-state index contributed by atoms with van der Waals surface area (Å²) in [5.41, 5.74) is -1.08. The zero-order valence-corrected chi connectivity index (χ0v) is 19.1. The highest BCUT2D eigenvalue weighted by atomic mass is 19.4. The molecule has 0 fully saturated rings. The highest BCUT2D eigenvalue weighted by Gasteiger charge is 2.38. The predicted octanol–water partition coefficient (Wildman–Crippen LogP) is 5.69. The molecule has 0 bridgehead atoms. The third-order valence-electron chi connectivity index (χ3n) is 5.55. The van der Waals surface area contributed by atoms with Crippen molar-refractivity contribution in [3.8, 4) is 0 Å². The van der Waals surface area contributed by atoms with Gasteiger partial charge in [0.2, 0.25) is 0 Å². The monoisotopic (exact) mass is 499 g/mol. The van der Waals surface area contributed by atoms with E-state index in [1.54, 1.807) is 6.92 Å². The van der Waals surface area contributed by atoms with Crippen LogP contribution in [0.1, 0.15) is 42.1 Å². The summed E-state index contributed by atoms with van der Waals surface area (Å²) in [6.07, 6.45) is -9.12. The Balaban J connectivity index is 2.12. The van der Waals surface area contributed by atoms with Gasteiger partial charge in [0.25, 0.3) is 0 Å². The number of hydrogen-bond donors (Lipinski definition) is 1. The minimum absolute atomic E-state index is 0.0397. The number of esters is 1. The van der Waals surface area contributed by atoms with E-state index in [1.165, 1.54) is 42.2 Å². The van der Waals surface area contributed by atoms with Gasteiger partial charge in [-0.25, -0.2) is 4.79 Å². The average molecular weight is 499 g/mol. The second-order valence-electron chi connectivity index (χ2n) is 7.73. The lowest BCUT2D eigenvalue weighted by Crippen LogP contribution is -2.49. The summed E-state index contributed by atoms with van der Waals surface area (Å²) < 4.78 is 84.7. The van der Waals surface area contributed by atoms with Crippen LogP contribution in [-0.4, -0.2) is 30.5 Å². The summed E-state index contributed by atoms with van der Waals surface area (Å²) in [7, 11) is 1.14. The number of aliphatic imine (C=N–C) groups is 1. The van der Waals surface area contributed by atoms with E-state index in [0.717, 1.165) is 25.3 Å². The summed E-state index contributed by atoms with van der Waals surface area (Å²) in [6.45, 7) is 3.26. The molecular weight excluding hydrogens is 476 g/mol. The quantitative estimate of drug-likeness (QED) is 0.424. The van der Waals surface area contributed by atoms with E-state index in [-0.39, 0.29) is 35.9 Å². The molecule has 1 unspecified atom stereocenters. The van der Waals surface area contributed by atoms with Crippen LogP contribution >= 0.6 is 0 Å². The van der Waals surface area contributed by atoms with Crippen molar-refractivity contribution < 1.29 is 35.9 Å². The van der Waals surface area contributed by atoms with Crippen LogP contribution in [-0.2, 0) is 28.4 Å². The smallest absolute Gasteiger partial charge is 0.416 e. The first-order valence-electron chi connectivity index (χ1n) is 10.6. The summed E-state index contributed by atoms with van der Waals surface area (Å²) in [4.78, 5) is 18.5. The maximum absolute atomic E-state index is 13.6. The molecule has 0 radical (unpaired) electrons. The zero-order valence-electron chi connectivity index (χ0n) is 19.1. The summed E-state index contributed by atoms with van der Waals surface area (Å²) in [5.74, 6) is -0.593. The van der Waals surface area contributed by atoms with Gasteiger partial charge in [-0.15, -0.1) is 0 Å². The molecule has 0 saturated carbocycles. The fourth-order valence-corrected chi connectivity index (χ4v) is 3.86. The van der Waals surface area contributed by atoms with Crippen molar-refractivity contribution in [3.63, 3.8) is 0 Å². The lowest BCUT2D eigenvalue weighted by molar-refractivity contribution is -0.139. The van der Waals surface area contributed by atoms with Crippen molar-refractivity contribution >= 4 is 11.9 Å². The van der Waals surface area contributed by atoms with Crippen LogP contribution in [0.25, 0.3) is 0 Å². The number of benzene rings is 2. The van der Waals surface area contributed by atoms with Gasteiger partial charge < -0.3 is 15.0 Å². The maximum Gasteiger partial charge on any atom is 0.416 e. The second-order valence-corrected chi connectivity index (χ2v) is 7.73. The molecule has 0 spiro atoms. The Morgan fingerprint density at radius 3 is 2.20 bits per heavy atom. The molecule has 1 N–H and O–H groups in total. The van der Waals surface area contributed by atoms with Crippen LogP contribution in [0, 0.1) is 0 Å². The Morgan fingerprint density at radius 2 is 1.66 bits per heavy atom. The molecule has 0 saturated heterocycles. The van der Waals surface area contributed by atoms with Gasteiger partial charge in [-0.2, -0.15) is 26.3 Å². The number of carbonyl (C=O) groups is 1. The second kappa shape index (κ2) is 10.0. The number of guanidine groups is 1. The molecule has 2 aromatic carbocycles. The van der Waals surface area contributed by atoms with Crippen molar-refractivity contribution in [2.24, 2.45) is 4.99 Å². The number of halogens is 6. The van der Waals surface area contributed by atoms with Crippen LogP contribution < -0.4 is 5.32 Å². The number of nitrogens with zero attached hydrogens (tertiary/aromatic N) is 2. The number of hydrogen-bond acceptors (Lipinski definition) is 3. The molecular formula is C24H23F6N3O2. The van der Waals surface area contributed by atoms with E-state index in [9.17, 15) is 31.1 Å². The van der Waals surface area contributed by atoms with Gasteiger partial charge in [-0.3, -0.25) is 4.99 Å². The number of carbonyl (C=O) groups excluding carboxylic acids is 1. The van der Waals surface area contributed by atoms with Crippen molar-refractivity contribution in [2.45, 2.75) is 38.8 Å². The van der Waals surface area contributed by atoms with Crippen molar-refractivity contribution in [3.05, 3.63) is 82.1 Å². The van der Waals surface area contributed by atoms with Gasteiger partial charge in [0.05, 0.1) is 36.4 Å². The molecule has 1 heterocycles. The lowest BCUT2D eigenvalue weighted by atomic mass is 9.93. The SMILES string of the molecule is CCN=C1NC(c2ccc(C(F)(F)F)cc2)C(C(=O)OC)=C(C)N1Cc1ccccc1C(F)(F)F. The van der Waals surface area contributed by atoms with Crippen molar-refractivity contribution in [2.75, 3.05) is 13.7 Å². The van der Waals surface area contributed by atoms with Crippen LogP contribution in [0.5, 0.6) is 0 Å². The van der Waals surface area contributed by atoms with Gasteiger partial charge in [0, 0.05) is 12.2 Å². The molecule has 2 aromatic rings. The molecule has 5 nitrogen and oxygen atoms in total.